The van der Waals surface area contributed by atoms with Crippen molar-refractivity contribution in [2.75, 3.05) is 19.3 Å². The number of sulfonamides is 1. The van der Waals surface area contributed by atoms with Crippen LogP contribution in [0.15, 0.2) is 24.3 Å². The van der Waals surface area contributed by atoms with Crippen molar-refractivity contribution in [3.63, 3.8) is 0 Å². The molecule has 1 aromatic rings. The van der Waals surface area contributed by atoms with Crippen LogP contribution in [0.5, 0.6) is 0 Å². The molecule has 0 N–H and O–H groups in total. The second-order valence-corrected chi connectivity index (χ2v) is 7.95. The molecule has 5 nitrogen and oxygen atoms in total. The van der Waals surface area contributed by atoms with E-state index in [9.17, 15) is 13.2 Å². The first kappa shape index (κ1) is 14.5. The fraction of sp³-hybridized carbons (Fsp3) is 0.533. The number of benzene rings is 1. The summed E-state index contributed by atoms with van der Waals surface area (Å²) in [5.41, 5.74) is 1.74. The molecule has 2 aliphatic heterocycles. The third-order valence-electron chi connectivity index (χ3n) is 4.35. The Morgan fingerprint density at radius 1 is 1.19 bits per heavy atom. The zero-order valence-electron chi connectivity index (χ0n) is 12.3. The molecule has 0 spiro atoms. The number of aryl methyl sites for hydroxylation is 1. The van der Waals surface area contributed by atoms with Crippen LogP contribution < -0.4 is 0 Å². The van der Waals surface area contributed by atoms with Gasteiger partial charge in [0.25, 0.3) is 5.91 Å². The van der Waals surface area contributed by atoms with Gasteiger partial charge in [0.05, 0.1) is 6.26 Å². The summed E-state index contributed by atoms with van der Waals surface area (Å²) in [6.45, 7) is 2.95. The number of piperazine rings is 1. The Bertz CT molecular complexity index is 657. The van der Waals surface area contributed by atoms with Gasteiger partial charge in [-0.3, -0.25) is 4.79 Å². The fourth-order valence-corrected chi connectivity index (χ4v) is 4.96. The highest BCUT2D eigenvalue weighted by molar-refractivity contribution is 7.88. The molecule has 1 aromatic carbocycles. The summed E-state index contributed by atoms with van der Waals surface area (Å²) in [6.07, 6.45) is 2.95. The van der Waals surface area contributed by atoms with Crippen LogP contribution in [0.1, 0.15) is 28.8 Å². The average Bonchev–Trinajstić information content (AvgIpc) is 2.70. The second kappa shape index (κ2) is 5.10. The zero-order valence-corrected chi connectivity index (χ0v) is 13.1. The minimum absolute atomic E-state index is 0.00347. The van der Waals surface area contributed by atoms with Crippen molar-refractivity contribution >= 4 is 15.9 Å². The molecule has 2 unspecified atom stereocenters. The Kier molecular flexibility index (Phi) is 3.53. The molecule has 2 atom stereocenters. The lowest BCUT2D eigenvalue weighted by Crippen LogP contribution is -2.56. The largest absolute Gasteiger partial charge is 0.335 e. The van der Waals surface area contributed by atoms with E-state index in [0.717, 1.165) is 18.4 Å². The van der Waals surface area contributed by atoms with Gasteiger partial charge in [0.2, 0.25) is 10.0 Å². The minimum atomic E-state index is -3.19. The van der Waals surface area contributed by atoms with Gasteiger partial charge in [0, 0.05) is 30.7 Å². The topological polar surface area (TPSA) is 57.7 Å². The van der Waals surface area contributed by atoms with Gasteiger partial charge >= 0.3 is 0 Å². The van der Waals surface area contributed by atoms with Crippen LogP contribution in [0.25, 0.3) is 0 Å². The number of hydrogen-bond acceptors (Lipinski definition) is 3. The normalized spacial score (nSPS) is 26.1. The van der Waals surface area contributed by atoms with Gasteiger partial charge in [-0.25, -0.2) is 8.42 Å². The Hall–Kier alpha value is -1.40. The van der Waals surface area contributed by atoms with E-state index in [1.807, 2.05) is 31.2 Å². The van der Waals surface area contributed by atoms with Crippen molar-refractivity contribution in [2.24, 2.45) is 0 Å². The lowest BCUT2D eigenvalue weighted by atomic mass is 10.1. The molecule has 2 saturated heterocycles. The van der Waals surface area contributed by atoms with Gasteiger partial charge in [-0.15, -0.1) is 0 Å². The standard InChI is InChI=1S/C15H20N2O3S/c1-11-4-3-5-12(8-11)15(18)16-9-13-6-7-14(10-16)17(13)21(2,19)20/h3-5,8,13-14H,6-7,9-10H2,1-2H3. The van der Waals surface area contributed by atoms with Crippen LogP contribution in [-0.4, -0.2) is 55.0 Å². The van der Waals surface area contributed by atoms with E-state index in [1.165, 1.54) is 6.26 Å². The van der Waals surface area contributed by atoms with E-state index >= 15 is 0 Å². The summed E-state index contributed by atoms with van der Waals surface area (Å²) in [4.78, 5) is 14.4. The molecular formula is C15H20N2O3S. The molecular weight excluding hydrogens is 288 g/mol. The third kappa shape index (κ3) is 2.70. The Morgan fingerprint density at radius 3 is 2.33 bits per heavy atom. The van der Waals surface area contributed by atoms with Crippen LogP contribution in [0.2, 0.25) is 0 Å². The molecule has 1 amide bonds. The highest BCUT2D eigenvalue weighted by Gasteiger charge is 2.45. The van der Waals surface area contributed by atoms with Crippen LogP contribution >= 0.6 is 0 Å². The SMILES string of the molecule is Cc1cccc(C(=O)N2CC3CCC(C2)N3S(C)(=O)=O)c1. The van der Waals surface area contributed by atoms with E-state index in [4.69, 9.17) is 0 Å². The first-order valence-corrected chi connectivity index (χ1v) is 9.05. The molecule has 2 aliphatic rings. The van der Waals surface area contributed by atoms with Gasteiger partial charge in [0.15, 0.2) is 0 Å². The molecule has 0 aliphatic carbocycles. The van der Waals surface area contributed by atoms with Crippen molar-refractivity contribution in [1.29, 1.82) is 0 Å². The van der Waals surface area contributed by atoms with Crippen molar-refractivity contribution in [1.82, 2.24) is 9.21 Å². The number of carbonyl (C=O) groups is 1. The van der Waals surface area contributed by atoms with E-state index in [1.54, 1.807) is 9.21 Å². The van der Waals surface area contributed by atoms with E-state index in [2.05, 4.69) is 0 Å². The van der Waals surface area contributed by atoms with Crippen molar-refractivity contribution in [3.05, 3.63) is 35.4 Å². The monoisotopic (exact) mass is 308 g/mol. The fourth-order valence-electron chi connectivity index (χ4n) is 3.53. The van der Waals surface area contributed by atoms with Gasteiger partial charge in [0.1, 0.15) is 0 Å². The lowest BCUT2D eigenvalue weighted by molar-refractivity contribution is 0.0615. The van der Waals surface area contributed by atoms with Gasteiger partial charge in [-0.05, 0) is 31.9 Å². The van der Waals surface area contributed by atoms with Crippen LogP contribution in [0.3, 0.4) is 0 Å². The highest BCUT2D eigenvalue weighted by Crippen LogP contribution is 2.32. The van der Waals surface area contributed by atoms with E-state index in [-0.39, 0.29) is 18.0 Å². The lowest BCUT2D eigenvalue weighted by Gasteiger charge is -2.39. The first-order chi connectivity index (χ1) is 9.86. The van der Waals surface area contributed by atoms with E-state index < -0.39 is 10.0 Å². The Morgan fingerprint density at radius 2 is 1.81 bits per heavy atom. The van der Waals surface area contributed by atoms with Gasteiger partial charge in [-0.2, -0.15) is 4.31 Å². The number of rotatable bonds is 2. The van der Waals surface area contributed by atoms with Crippen LogP contribution in [0, 0.1) is 6.92 Å². The molecule has 0 aromatic heterocycles. The molecule has 0 radical (unpaired) electrons. The summed E-state index contributed by atoms with van der Waals surface area (Å²) in [5, 5.41) is 0. The quantitative estimate of drug-likeness (QED) is 0.826. The number of likely N-dealkylation sites (tertiary alicyclic amines) is 1. The third-order valence-corrected chi connectivity index (χ3v) is 5.71. The summed E-state index contributed by atoms with van der Waals surface area (Å²) in [6, 6.07) is 7.42. The maximum atomic E-state index is 12.6. The molecule has 2 bridgehead atoms. The average molecular weight is 308 g/mol. The first-order valence-electron chi connectivity index (χ1n) is 7.21. The molecule has 3 rings (SSSR count). The molecule has 2 heterocycles. The Balaban J connectivity index is 1.80. The number of nitrogens with zero attached hydrogens (tertiary/aromatic N) is 2. The summed E-state index contributed by atoms with van der Waals surface area (Å²) in [7, 11) is -3.19. The number of hydrogen-bond donors (Lipinski definition) is 0. The number of fused-ring (bicyclic) bond motifs is 2. The predicted octanol–water partition coefficient (Wildman–Crippen LogP) is 1.24. The van der Waals surface area contributed by atoms with Crippen LogP contribution in [0.4, 0.5) is 0 Å². The predicted molar refractivity (Wildman–Crippen MR) is 80.6 cm³/mol. The molecule has 2 fully saturated rings. The molecule has 0 saturated carbocycles. The number of carbonyl (C=O) groups excluding carboxylic acids is 1. The smallest absolute Gasteiger partial charge is 0.253 e. The second-order valence-electron chi connectivity index (χ2n) is 6.06. The van der Waals surface area contributed by atoms with Crippen molar-refractivity contribution in [2.45, 2.75) is 31.8 Å². The van der Waals surface area contributed by atoms with Gasteiger partial charge < -0.3 is 4.90 Å². The van der Waals surface area contributed by atoms with Crippen LogP contribution in [-0.2, 0) is 10.0 Å². The van der Waals surface area contributed by atoms with Gasteiger partial charge in [-0.1, -0.05) is 17.7 Å². The minimum Gasteiger partial charge on any atom is -0.335 e. The van der Waals surface area contributed by atoms with E-state index in [0.29, 0.717) is 18.7 Å². The maximum Gasteiger partial charge on any atom is 0.253 e. The number of amides is 1. The molecule has 21 heavy (non-hydrogen) atoms. The summed E-state index contributed by atoms with van der Waals surface area (Å²) >= 11 is 0. The summed E-state index contributed by atoms with van der Waals surface area (Å²) < 4.78 is 25.3. The highest BCUT2D eigenvalue weighted by atomic mass is 32.2. The van der Waals surface area contributed by atoms with Crippen molar-refractivity contribution < 1.29 is 13.2 Å². The maximum absolute atomic E-state index is 12.6. The zero-order chi connectivity index (χ0) is 15.2. The Labute approximate surface area is 125 Å². The summed E-state index contributed by atoms with van der Waals surface area (Å²) in [5.74, 6) is 0.00347. The molecule has 114 valence electrons. The molecule has 6 heteroatoms. The van der Waals surface area contributed by atoms with Crippen molar-refractivity contribution in [3.8, 4) is 0 Å².